The van der Waals surface area contributed by atoms with E-state index in [0.717, 1.165) is 0 Å². The average molecular weight is 278 g/mol. The van der Waals surface area contributed by atoms with Crippen molar-refractivity contribution in [3.05, 3.63) is 29.8 Å². The van der Waals surface area contributed by atoms with Crippen LogP contribution in [0.3, 0.4) is 0 Å². The van der Waals surface area contributed by atoms with Gasteiger partial charge in [-0.05, 0) is 32.6 Å². The number of para-hydroxylation sites is 1. The molecule has 5 nitrogen and oxygen atoms in total. The lowest BCUT2D eigenvalue weighted by atomic mass is 10.0. The standard InChI is InChI=1S/C15H22N2O3/c1-16(2)10-15(19)8-9-17(11-15)14(18)12-6-4-5-7-13(12)20-3/h4-7,19H,8-11H2,1-3H3/t15-/m1/s1. The number of hydrogen-bond acceptors (Lipinski definition) is 4. The predicted molar refractivity (Wildman–Crippen MR) is 77.0 cm³/mol. The molecule has 2 rings (SSSR count). The molecule has 1 atom stereocenters. The molecule has 0 bridgehead atoms. The van der Waals surface area contributed by atoms with Crippen LogP contribution >= 0.6 is 0 Å². The van der Waals surface area contributed by atoms with Crippen molar-refractivity contribution in [2.75, 3.05) is 40.8 Å². The second-order valence-electron chi connectivity index (χ2n) is 5.64. The lowest BCUT2D eigenvalue weighted by Crippen LogP contribution is -2.43. The van der Waals surface area contributed by atoms with Crippen LogP contribution in [0.2, 0.25) is 0 Å². The summed E-state index contributed by atoms with van der Waals surface area (Å²) in [6.07, 6.45) is 0.603. The molecule has 0 unspecified atom stereocenters. The third kappa shape index (κ3) is 3.11. The zero-order valence-corrected chi connectivity index (χ0v) is 12.3. The van der Waals surface area contributed by atoms with Gasteiger partial charge in [0.05, 0.1) is 24.8 Å². The summed E-state index contributed by atoms with van der Waals surface area (Å²) in [4.78, 5) is 16.2. The van der Waals surface area contributed by atoms with Crippen LogP contribution in [0.15, 0.2) is 24.3 Å². The maximum atomic E-state index is 12.5. The highest BCUT2D eigenvalue weighted by atomic mass is 16.5. The van der Waals surface area contributed by atoms with Gasteiger partial charge in [-0.15, -0.1) is 0 Å². The molecule has 0 saturated carbocycles. The van der Waals surface area contributed by atoms with Crippen LogP contribution in [-0.4, -0.2) is 67.3 Å². The SMILES string of the molecule is COc1ccccc1C(=O)N1CC[C@@](O)(CN(C)C)C1. The van der Waals surface area contributed by atoms with E-state index in [4.69, 9.17) is 4.74 Å². The molecule has 1 aliphatic heterocycles. The number of methoxy groups -OCH3 is 1. The molecule has 0 aromatic heterocycles. The van der Waals surface area contributed by atoms with Gasteiger partial charge in [0, 0.05) is 13.1 Å². The number of nitrogens with zero attached hydrogens (tertiary/aromatic N) is 2. The fraction of sp³-hybridized carbons (Fsp3) is 0.533. The summed E-state index contributed by atoms with van der Waals surface area (Å²) in [5, 5.41) is 10.5. The summed E-state index contributed by atoms with van der Waals surface area (Å²) in [5.74, 6) is 0.484. The number of ether oxygens (including phenoxy) is 1. The molecule has 0 aliphatic carbocycles. The zero-order valence-electron chi connectivity index (χ0n) is 12.3. The Labute approximate surface area is 119 Å². The van der Waals surface area contributed by atoms with Crippen molar-refractivity contribution in [3.8, 4) is 5.75 Å². The molecule has 1 N–H and O–H groups in total. The second-order valence-corrected chi connectivity index (χ2v) is 5.64. The van der Waals surface area contributed by atoms with E-state index in [1.165, 1.54) is 0 Å². The Morgan fingerprint density at radius 2 is 2.15 bits per heavy atom. The first kappa shape index (κ1) is 14.8. The smallest absolute Gasteiger partial charge is 0.257 e. The van der Waals surface area contributed by atoms with Gasteiger partial charge in [0.15, 0.2) is 0 Å². The summed E-state index contributed by atoms with van der Waals surface area (Å²) >= 11 is 0. The molecule has 1 aromatic carbocycles. The fourth-order valence-electron chi connectivity index (χ4n) is 2.74. The summed E-state index contributed by atoms with van der Waals surface area (Å²) in [6.45, 7) is 1.49. The van der Waals surface area contributed by atoms with E-state index in [2.05, 4.69) is 0 Å². The number of carbonyl (C=O) groups is 1. The molecule has 20 heavy (non-hydrogen) atoms. The van der Waals surface area contributed by atoms with Crippen molar-refractivity contribution in [3.63, 3.8) is 0 Å². The molecular weight excluding hydrogens is 256 g/mol. The van der Waals surface area contributed by atoms with E-state index in [0.29, 0.717) is 37.4 Å². The Hall–Kier alpha value is -1.59. The number of carbonyl (C=O) groups excluding carboxylic acids is 1. The second kappa shape index (κ2) is 5.81. The molecular formula is C15H22N2O3. The van der Waals surface area contributed by atoms with E-state index in [1.807, 2.05) is 31.1 Å². The maximum Gasteiger partial charge on any atom is 0.257 e. The predicted octanol–water partition coefficient (Wildman–Crippen LogP) is 0.834. The first-order valence-corrected chi connectivity index (χ1v) is 6.74. The van der Waals surface area contributed by atoms with Crippen molar-refractivity contribution in [2.24, 2.45) is 0 Å². The number of hydrogen-bond donors (Lipinski definition) is 1. The minimum Gasteiger partial charge on any atom is -0.496 e. The molecule has 1 amide bonds. The molecule has 1 saturated heterocycles. The van der Waals surface area contributed by atoms with Crippen LogP contribution in [-0.2, 0) is 0 Å². The van der Waals surface area contributed by atoms with Crippen LogP contribution in [0.4, 0.5) is 0 Å². The van der Waals surface area contributed by atoms with Crippen molar-refractivity contribution in [1.29, 1.82) is 0 Å². The van der Waals surface area contributed by atoms with Gasteiger partial charge in [-0.1, -0.05) is 12.1 Å². The first-order chi connectivity index (χ1) is 9.45. The third-order valence-corrected chi connectivity index (χ3v) is 3.57. The normalized spacial score (nSPS) is 22.4. The number of rotatable bonds is 4. The van der Waals surface area contributed by atoms with Crippen molar-refractivity contribution >= 4 is 5.91 Å². The van der Waals surface area contributed by atoms with Gasteiger partial charge in [-0.25, -0.2) is 0 Å². The minimum atomic E-state index is -0.818. The Morgan fingerprint density at radius 1 is 1.45 bits per heavy atom. The van der Waals surface area contributed by atoms with Gasteiger partial charge in [0.2, 0.25) is 0 Å². The molecule has 0 radical (unpaired) electrons. The van der Waals surface area contributed by atoms with Crippen LogP contribution in [0.25, 0.3) is 0 Å². The number of benzene rings is 1. The Balaban J connectivity index is 2.12. The molecule has 1 aromatic rings. The van der Waals surface area contributed by atoms with Crippen LogP contribution in [0.5, 0.6) is 5.75 Å². The highest BCUT2D eigenvalue weighted by molar-refractivity contribution is 5.97. The molecule has 0 spiro atoms. The number of aliphatic hydroxyl groups is 1. The molecule has 1 heterocycles. The molecule has 1 aliphatic rings. The lowest BCUT2D eigenvalue weighted by Gasteiger charge is -2.26. The summed E-state index contributed by atoms with van der Waals surface area (Å²) in [6, 6.07) is 7.18. The van der Waals surface area contributed by atoms with E-state index < -0.39 is 5.60 Å². The quantitative estimate of drug-likeness (QED) is 0.886. The Morgan fingerprint density at radius 3 is 2.80 bits per heavy atom. The summed E-state index contributed by atoms with van der Waals surface area (Å²) in [5.41, 5.74) is -0.273. The van der Waals surface area contributed by atoms with Crippen molar-refractivity contribution < 1.29 is 14.6 Å². The number of β-amino-alcohol motifs (C(OH)–C–C–N with tert-alkyl or cyclic N) is 1. The van der Waals surface area contributed by atoms with Crippen LogP contribution < -0.4 is 4.74 Å². The average Bonchev–Trinajstić information content (AvgIpc) is 2.79. The topological polar surface area (TPSA) is 53.0 Å². The van der Waals surface area contributed by atoms with Gasteiger partial charge in [-0.2, -0.15) is 0 Å². The Kier molecular flexibility index (Phi) is 4.30. The third-order valence-electron chi connectivity index (χ3n) is 3.57. The van der Waals surface area contributed by atoms with E-state index in [-0.39, 0.29) is 5.91 Å². The van der Waals surface area contributed by atoms with Gasteiger partial charge in [-0.3, -0.25) is 4.79 Å². The molecule has 110 valence electrons. The highest BCUT2D eigenvalue weighted by Gasteiger charge is 2.39. The van der Waals surface area contributed by atoms with Crippen molar-refractivity contribution in [1.82, 2.24) is 9.80 Å². The van der Waals surface area contributed by atoms with Crippen LogP contribution in [0.1, 0.15) is 16.8 Å². The summed E-state index contributed by atoms with van der Waals surface area (Å²) in [7, 11) is 5.39. The van der Waals surface area contributed by atoms with Gasteiger partial charge >= 0.3 is 0 Å². The molecule has 5 heteroatoms. The van der Waals surface area contributed by atoms with E-state index in [9.17, 15) is 9.90 Å². The number of likely N-dealkylation sites (N-methyl/N-ethyl adjacent to an activating group) is 1. The van der Waals surface area contributed by atoms with Gasteiger partial charge in [0.1, 0.15) is 5.75 Å². The van der Waals surface area contributed by atoms with Gasteiger partial charge in [0.25, 0.3) is 5.91 Å². The van der Waals surface area contributed by atoms with Gasteiger partial charge < -0.3 is 19.6 Å². The van der Waals surface area contributed by atoms with E-state index >= 15 is 0 Å². The van der Waals surface area contributed by atoms with E-state index in [1.54, 1.807) is 24.1 Å². The fourth-order valence-corrected chi connectivity index (χ4v) is 2.74. The largest absolute Gasteiger partial charge is 0.496 e. The Bertz CT molecular complexity index is 490. The minimum absolute atomic E-state index is 0.0860. The molecule has 1 fully saturated rings. The monoisotopic (exact) mass is 278 g/mol. The maximum absolute atomic E-state index is 12.5. The summed E-state index contributed by atoms with van der Waals surface area (Å²) < 4.78 is 5.22. The van der Waals surface area contributed by atoms with Crippen molar-refractivity contribution in [2.45, 2.75) is 12.0 Å². The lowest BCUT2D eigenvalue weighted by molar-refractivity contribution is 0.0235. The number of amides is 1. The van der Waals surface area contributed by atoms with Crippen LogP contribution in [0, 0.1) is 0 Å². The first-order valence-electron chi connectivity index (χ1n) is 6.74. The highest BCUT2D eigenvalue weighted by Crippen LogP contribution is 2.26. The number of likely N-dealkylation sites (tertiary alicyclic amines) is 1. The zero-order chi connectivity index (χ0) is 14.8.